The number of para-hydroxylation sites is 2. The highest BCUT2D eigenvalue weighted by atomic mass is 32.2. The molecule has 0 radical (unpaired) electrons. The third kappa shape index (κ3) is 5.33. The molecular formula is C23H26N4O5S. The second-order valence-corrected chi connectivity index (χ2v) is 10.9. The second kappa shape index (κ2) is 8.51. The van der Waals surface area contributed by atoms with Crippen LogP contribution in [0.1, 0.15) is 55.4 Å². The van der Waals surface area contributed by atoms with E-state index in [9.17, 15) is 18.0 Å². The number of carbonyl (C=O) groups excluding carboxylic acids is 2. The summed E-state index contributed by atoms with van der Waals surface area (Å²) in [6, 6.07) is 14.0. The van der Waals surface area contributed by atoms with Crippen LogP contribution in [0, 0.1) is 0 Å². The first-order valence-electron chi connectivity index (χ1n) is 10.6. The molecular weight excluding hydrogens is 444 g/mol. The van der Waals surface area contributed by atoms with Gasteiger partial charge < -0.3 is 15.0 Å². The Labute approximate surface area is 192 Å². The Bertz CT molecular complexity index is 1260. The number of sulfonamides is 1. The van der Waals surface area contributed by atoms with Crippen LogP contribution >= 0.6 is 0 Å². The molecule has 33 heavy (non-hydrogen) atoms. The second-order valence-electron chi connectivity index (χ2n) is 9.05. The van der Waals surface area contributed by atoms with Gasteiger partial charge in [-0.25, -0.2) is 18.2 Å². The van der Waals surface area contributed by atoms with Gasteiger partial charge in [-0.3, -0.25) is 9.52 Å². The van der Waals surface area contributed by atoms with Crippen molar-refractivity contribution in [2.24, 2.45) is 0 Å². The topological polar surface area (TPSA) is 130 Å². The van der Waals surface area contributed by atoms with E-state index in [-0.39, 0.29) is 6.42 Å². The number of nitrogens with one attached hydrogen (secondary N) is 3. The average molecular weight is 471 g/mol. The van der Waals surface area contributed by atoms with Crippen molar-refractivity contribution in [2.75, 3.05) is 0 Å². The fourth-order valence-corrected chi connectivity index (χ4v) is 5.18. The molecule has 1 saturated heterocycles. The first-order chi connectivity index (χ1) is 15.5. The normalized spacial score (nSPS) is 18.6. The van der Waals surface area contributed by atoms with Gasteiger partial charge in [0.25, 0.3) is 0 Å². The van der Waals surface area contributed by atoms with E-state index in [0.717, 1.165) is 16.6 Å². The summed E-state index contributed by atoms with van der Waals surface area (Å²) >= 11 is 0. The summed E-state index contributed by atoms with van der Waals surface area (Å²) in [7, 11) is -3.70. The molecule has 10 heteroatoms. The Hall–Kier alpha value is -3.40. The summed E-state index contributed by atoms with van der Waals surface area (Å²) in [6.07, 6.45) is -0.261. The number of imidazole rings is 1. The molecule has 9 nitrogen and oxygen atoms in total. The molecule has 1 aliphatic heterocycles. The Morgan fingerprint density at radius 3 is 2.48 bits per heavy atom. The highest BCUT2D eigenvalue weighted by Gasteiger charge is 2.37. The molecule has 1 aliphatic rings. The standard InChI is InChI=1S/C23H26N4O5S/c1-23(2,3)32-22(29)26-18(21-24-16-6-4-5-7-17(16)25-21)12-14-8-10-15(11-9-14)19-13-20(28)27-33(19,30)31/h4-11,18-19H,12-13H2,1-3H3,(H,24,25)(H,26,29)(H,27,28)/t18-,19?/m0/s1. The third-order valence-electron chi connectivity index (χ3n) is 5.22. The molecule has 2 aromatic carbocycles. The lowest BCUT2D eigenvalue weighted by Crippen LogP contribution is -2.36. The molecule has 2 heterocycles. The van der Waals surface area contributed by atoms with Crippen LogP contribution in [-0.4, -0.2) is 36.0 Å². The van der Waals surface area contributed by atoms with Crippen LogP contribution in [0.3, 0.4) is 0 Å². The molecule has 0 saturated carbocycles. The lowest BCUT2D eigenvalue weighted by atomic mass is 10.0. The van der Waals surface area contributed by atoms with E-state index < -0.39 is 38.9 Å². The van der Waals surface area contributed by atoms with E-state index >= 15 is 0 Å². The van der Waals surface area contributed by atoms with Crippen LogP contribution in [0.4, 0.5) is 4.79 Å². The van der Waals surface area contributed by atoms with Gasteiger partial charge >= 0.3 is 6.09 Å². The molecule has 0 aliphatic carbocycles. The molecule has 1 fully saturated rings. The van der Waals surface area contributed by atoms with E-state index in [1.807, 2.05) is 29.0 Å². The van der Waals surface area contributed by atoms with Crippen molar-refractivity contribution in [1.82, 2.24) is 20.0 Å². The SMILES string of the molecule is CC(C)(C)OC(=O)N[C@@H](Cc1ccc(C2CC(=O)NS2(=O)=O)cc1)c1nc2ccccc2[nH]1. The average Bonchev–Trinajstić information content (AvgIpc) is 3.26. The number of H-pyrrole nitrogens is 1. The predicted octanol–water partition coefficient (Wildman–Crippen LogP) is 3.26. The van der Waals surface area contributed by atoms with Crippen molar-refractivity contribution in [3.63, 3.8) is 0 Å². The number of rotatable bonds is 5. The number of benzene rings is 2. The molecule has 0 bridgehead atoms. The maximum atomic E-state index is 12.5. The van der Waals surface area contributed by atoms with Crippen molar-refractivity contribution in [2.45, 2.75) is 50.5 Å². The molecule has 0 spiro atoms. The van der Waals surface area contributed by atoms with Gasteiger partial charge in [0.1, 0.15) is 16.7 Å². The van der Waals surface area contributed by atoms with Gasteiger partial charge in [0, 0.05) is 6.42 Å². The number of hydrogen-bond donors (Lipinski definition) is 3. The van der Waals surface area contributed by atoms with Crippen LogP contribution in [0.15, 0.2) is 48.5 Å². The summed E-state index contributed by atoms with van der Waals surface area (Å²) < 4.78 is 31.7. The fraction of sp³-hybridized carbons (Fsp3) is 0.348. The maximum absolute atomic E-state index is 12.5. The van der Waals surface area contributed by atoms with Gasteiger partial charge in [0.15, 0.2) is 0 Å². The number of aromatic nitrogens is 2. The van der Waals surface area contributed by atoms with Gasteiger partial charge in [0.2, 0.25) is 15.9 Å². The molecule has 4 rings (SSSR count). The van der Waals surface area contributed by atoms with Crippen molar-refractivity contribution < 1.29 is 22.7 Å². The summed E-state index contributed by atoms with van der Waals surface area (Å²) in [5.74, 6) is 0.0786. The molecule has 3 N–H and O–H groups in total. The van der Waals surface area contributed by atoms with Crippen LogP contribution < -0.4 is 10.0 Å². The van der Waals surface area contributed by atoms with Gasteiger partial charge in [-0.05, 0) is 44.0 Å². The number of hydrogen-bond acceptors (Lipinski definition) is 6. The van der Waals surface area contributed by atoms with E-state index in [0.29, 0.717) is 17.8 Å². The number of nitrogens with zero attached hydrogens (tertiary/aromatic N) is 1. The van der Waals surface area contributed by atoms with Gasteiger partial charge in [-0.15, -0.1) is 0 Å². The summed E-state index contributed by atoms with van der Waals surface area (Å²) in [5.41, 5.74) is 2.37. The Balaban J connectivity index is 1.58. The monoisotopic (exact) mass is 470 g/mol. The minimum Gasteiger partial charge on any atom is -0.444 e. The van der Waals surface area contributed by atoms with Crippen molar-refractivity contribution in [3.8, 4) is 0 Å². The quantitative estimate of drug-likeness (QED) is 0.525. The summed E-state index contributed by atoms with van der Waals surface area (Å²) in [5, 5.41) is 1.98. The molecule has 3 aromatic rings. The van der Waals surface area contributed by atoms with Crippen LogP contribution in [0.5, 0.6) is 0 Å². The fourth-order valence-electron chi connectivity index (χ4n) is 3.75. The van der Waals surface area contributed by atoms with Gasteiger partial charge in [0.05, 0.1) is 23.5 Å². The zero-order valence-corrected chi connectivity index (χ0v) is 19.4. The lowest BCUT2D eigenvalue weighted by molar-refractivity contribution is -0.118. The molecule has 1 unspecified atom stereocenters. The minimum absolute atomic E-state index is 0.0938. The van der Waals surface area contributed by atoms with Crippen LogP contribution in [0.25, 0.3) is 11.0 Å². The molecule has 1 aromatic heterocycles. The number of aromatic amines is 1. The van der Waals surface area contributed by atoms with Crippen LogP contribution in [-0.2, 0) is 26.0 Å². The molecule has 2 amide bonds. The van der Waals surface area contributed by atoms with E-state index in [4.69, 9.17) is 4.74 Å². The van der Waals surface area contributed by atoms with E-state index in [1.165, 1.54) is 0 Å². The van der Waals surface area contributed by atoms with E-state index in [2.05, 4.69) is 15.3 Å². The van der Waals surface area contributed by atoms with Gasteiger partial charge in [-0.1, -0.05) is 36.4 Å². The highest BCUT2D eigenvalue weighted by molar-refractivity contribution is 7.90. The van der Waals surface area contributed by atoms with E-state index in [1.54, 1.807) is 45.0 Å². The van der Waals surface area contributed by atoms with Crippen molar-refractivity contribution in [3.05, 3.63) is 65.5 Å². The first-order valence-corrected chi connectivity index (χ1v) is 12.1. The maximum Gasteiger partial charge on any atom is 0.408 e. The Morgan fingerprint density at radius 1 is 1.18 bits per heavy atom. The largest absolute Gasteiger partial charge is 0.444 e. The number of ether oxygens (including phenoxy) is 1. The summed E-state index contributed by atoms with van der Waals surface area (Å²) in [6.45, 7) is 5.37. The molecule has 174 valence electrons. The zero-order chi connectivity index (χ0) is 23.8. The lowest BCUT2D eigenvalue weighted by Gasteiger charge is -2.23. The highest BCUT2D eigenvalue weighted by Crippen LogP contribution is 2.30. The number of alkyl carbamates (subject to hydrolysis) is 1. The zero-order valence-electron chi connectivity index (χ0n) is 18.6. The number of carbonyl (C=O) groups is 2. The van der Waals surface area contributed by atoms with Crippen LogP contribution in [0.2, 0.25) is 0 Å². The van der Waals surface area contributed by atoms with Crippen molar-refractivity contribution >= 4 is 33.1 Å². The summed E-state index contributed by atoms with van der Waals surface area (Å²) in [4.78, 5) is 31.9. The third-order valence-corrected chi connectivity index (χ3v) is 6.92. The van der Waals surface area contributed by atoms with Crippen molar-refractivity contribution in [1.29, 1.82) is 0 Å². The smallest absolute Gasteiger partial charge is 0.408 e. The first kappa shape index (κ1) is 22.8. The number of fused-ring (bicyclic) bond motifs is 1. The number of amides is 2. The predicted molar refractivity (Wildman–Crippen MR) is 123 cm³/mol. The minimum atomic E-state index is -3.70. The Kier molecular flexibility index (Phi) is 5.87. The Morgan fingerprint density at radius 2 is 1.88 bits per heavy atom. The van der Waals surface area contributed by atoms with Gasteiger partial charge in [-0.2, -0.15) is 0 Å². The molecule has 2 atom stereocenters.